The Morgan fingerprint density at radius 3 is 2.62 bits per heavy atom. The van der Waals surface area contributed by atoms with Gasteiger partial charge in [0.2, 0.25) is 0 Å². The third-order valence-corrected chi connectivity index (χ3v) is 4.83. The van der Waals surface area contributed by atoms with Crippen LogP contribution in [-0.2, 0) is 0 Å². The second-order valence-electron chi connectivity index (χ2n) is 5.18. The summed E-state index contributed by atoms with van der Waals surface area (Å²) in [5, 5.41) is 24.2. The van der Waals surface area contributed by atoms with E-state index in [-0.39, 0.29) is 47.4 Å². The van der Waals surface area contributed by atoms with Crippen molar-refractivity contribution in [2.75, 3.05) is 0 Å². The second kappa shape index (κ2) is 9.85. The molecule has 0 bridgehead atoms. The van der Waals surface area contributed by atoms with Crippen molar-refractivity contribution >= 4 is 40.3 Å². The number of nitrogens with zero attached hydrogens (tertiary/aromatic N) is 2. The van der Waals surface area contributed by atoms with E-state index >= 15 is 0 Å². The largest absolute Gasteiger partial charge is 2.00 e. The van der Waals surface area contributed by atoms with Gasteiger partial charge in [0.1, 0.15) is 0 Å². The molecule has 3 aromatic rings. The third-order valence-electron chi connectivity index (χ3n) is 3.49. The number of aliphatic hydroxyl groups is 1. The summed E-state index contributed by atoms with van der Waals surface area (Å²) in [6.45, 7) is 0. The molecular formula is C19H12Cl2N2OSU. The van der Waals surface area contributed by atoms with E-state index < -0.39 is 6.10 Å². The molecule has 1 aromatic carbocycles. The van der Waals surface area contributed by atoms with E-state index in [1.165, 1.54) is 23.6 Å². The van der Waals surface area contributed by atoms with Crippen LogP contribution < -0.4 is 0 Å². The van der Waals surface area contributed by atoms with Crippen LogP contribution in [0, 0.1) is 37.2 Å². The Bertz CT molecular complexity index is 915. The van der Waals surface area contributed by atoms with Crippen molar-refractivity contribution in [2.24, 2.45) is 0 Å². The van der Waals surface area contributed by atoms with Gasteiger partial charge in [0.25, 0.3) is 0 Å². The first-order valence-electron chi connectivity index (χ1n) is 7.33. The Morgan fingerprint density at radius 2 is 2.00 bits per heavy atom. The SMILES string of the molecule is [N-]=C(C(=[C-]c1cccs1)C(O)c1cccnc1)c1ccc(Cl)cc1Cl.[U+2]. The Balaban J connectivity index is 0.00000243. The molecule has 0 radical (unpaired) electrons. The molecule has 128 valence electrons. The van der Waals surface area contributed by atoms with Gasteiger partial charge in [-0.15, -0.1) is 17.7 Å². The van der Waals surface area contributed by atoms with Gasteiger partial charge in [0, 0.05) is 28.0 Å². The van der Waals surface area contributed by atoms with Crippen molar-refractivity contribution in [1.29, 1.82) is 0 Å². The summed E-state index contributed by atoms with van der Waals surface area (Å²) in [5.74, 6) is 0. The number of hydrogen-bond acceptors (Lipinski definition) is 3. The number of thiophene rings is 1. The summed E-state index contributed by atoms with van der Waals surface area (Å²) in [6.07, 6.45) is 5.12. The molecular weight excluding hydrogens is 613 g/mol. The molecule has 2 heterocycles. The van der Waals surface area contributed by atoms with E-state index in [0.717, 1.165) is 4.88 Å². The molecule has 0 spiro atoms. The van der Waals surface area contributed by atoms with Crippen LogP contribution in [-0.4, -0.2) is 15.8 Å². The molecule has 0 fully saturated rings. The second-order valence-corrected chi connectivity index (χ2v) is 6.97. The molecule has 0 aliphatic heterocycles. The Morgan fingerprint density at radius 1 is 1.19 bits per heavy atom. The number of rotatable bonds is 5. The van der Waals surface area contributed by atoms with Crippen LogP contribution >= 0.6 is 34.5 Å². The van der Waals surface area contributed by atoms with Crippen molar-refractivity contribution in [3.05, 3.63) is 103 Å². The van der Waals surface area contributed by atoms with Crippen LogP contribution in [0.25, 0.3) is 5.41 Å². The van der Waals surface area contributed by atoms with Crippen molar-refractivity contribution in [1.82, 2.24) is 4.98 Å². The van der Waals surface area contributed by atoms with Crippen LogP contribution in [0.1, 0.15) is 22.1 Å². The Hall–Kier alpha value is -0.928. The maximum atomic E-state index is 10.8. The molecule has 1 N–H and O–H groups in total. The number of aliphatic hydroxyl groups excluding tert-OH is 1. The van der Waals surface area contributed by atoms with E-state index in [1.807, 2.05) is 17.5 Å². The van der Waals surface area contributed by atoms with E-state index in [9.17, 15) is 10.5 Å². The topological polar surface area (TPSA) is 55.4 Å². The average molecular weight is 625 g/mol. The summed E-state index contributed by atoms with van der Waals surface area (Å²) in [7, 11) is 0. The minimum absolute atomic E-state index is 0. The van der Waals surface area contributed by atoms with Gasteiger partial charge in [-0.1, -0.05) is 45.8 Å². The fourth-order valence-corrected chi connectivity index (χ4v) is 3.40. The zero-order valence-corrected chi connectivity index (χ0v) is 19.8. The van der Waals surface area contributed by atoms with Crippen molar-refractivity contribution in [2.45, 2.75) is 6.10 Å². The summed E-state index contributed by atoms with van der Waals surface area (Å²) >= 11 is 13.6. The zero-order chi connectivity index (χ0) is 17.8. The third kappa shape index (κ3) is 5.07. The molecule has 0 aliphatic carbocycles. The Labute approximate surface area is 189 Å². The summed E-state index contributed by atoms with van der Waals surface area (Å²) in [5.41, 5.74) is 0.956. The van der Waals surface area contributed by atoms with Crippen molar-refractivity contribution in [3.63, 3.8) is 0 Å². The van der Waals surface area contributed by atoms with Crippen molar-refractivity contribution in [3.8, 4) is 0 Å². The van der Waals surface area contributed by atoms with Gasteiger partial charge in [-0.2, -0.15) is 17.4 Å². The molecule has 0 saturated carbocycles. The molecule has 3 rings (SSSR count). The predicted molar refractivity (Wildman–Crippen MR) is 103 cm³/mol. The van der Waals surface area contributed by atoms with E-state index in [0.29, 0.717) is 16.1 Å². The fraction of sp³-hybridized carbons (Fsp3) is 0.0526. The average Bonchev–Trinajstić information content (AvgIpc) is 3.12. The Kier molecular flexibility index (Phi) is 8.10. The molecule has 2 aromatic heterocycles. The first kappa shape index (κ1) is 21.4. The summed E-state index contributed by atoms with van der Waals surface area (Å²) in [6, 6.07) is 11.9. The predicted octanol–water partition coefficient (Wildman–Crippen LogP) is 5.32. The fourth-order valence-electron chi connectivity index (χ4n) is 2.27. The van der Waals surface area contributed by atoms with Gasteiger partial charge in [-0.3, -0.25) is 10.7 Å². The zero-order valence-electron chi connectivity index (χ0n) is 13.4. The van der Waals surface area contributed by atoms with E-state index in [1.54, 1.807) is 30.5 Å². The van der Waals surface area contributed by atoms with Gasteiger partial charge in [0.15, 0.2) is 0 Å². The first-order valence-corrected chi connectivity index (χ1v) is 8.97. The summed E-state index contributed by atoms with van der Waals surface area (Å²) in [4.78, 5) is 4.79. The maximum absolute atomic E-state index is 10.8. The van der Waals surface area contributed by atoms with E-state index in [4.69, 9.17) is 23.2 Å². The van der Waals surface area contributed by atoms with Crippen LogP contribution in [0.2, 0.25) is 10.0 Å². The van der Waals surface area contributed by atoms with Crippen LogP contribution in [0.3, 0.4) is 0 Å². The number of aromatic nitrogens is 1. The monoisotopic (exact) mass is 624 g/mol. The number of pyridine rings is 1. The van der Waals surface area contributed by atoms with Gasteiger partial charge < -0.3 is 10.5 Å². The molecule has 7 heteroatoms. The normalized spacial score (nSPS) is 12.3. The number of hydrogen-bond donors (Lipinski definition) is 1. The van der Waals surface area contributed by atoms with Gasteiger partial charge >= 0.3 is 31.1 Å². The molecule has 26 heavy (non-hydrogen) atoms. The molecule has 0 amide bonds. The minimum Gasteiger partial charge on any atom is -0.871 e. The van der Waals surface area contributed by atoms with E-state index in [2.05, 4.69) is 11.1 Å². The standard InChI is InChI=1S/C19H12Cl2N2OS.U/c20-13-5-6-15(17(21)9-13)18(22)16(10-14-4-2-8-25-14)19(24)12-3-1-7-23-11-12;/h1-9,11,19,24H;/q-2;+2. The van der Waals surface area contributed by atoms with Gasteiger partial charge in [0.05, 0.1) is 6.10 Å². The van der Waals surface area contributed by atoms with Gasteiger partial charge in [-0.05, 0) is 23.6 Å². The van der Waals surface area contributed by atoms with Crippen LogP contribution in [0.15, 0.2) is 65.8 Å². The van der Waals surface area contributed by atoms with Crippen LogP contribution in [0.4, 0.5) is 0 Å². The number of benzene rings is 1. The molecule has 1 atom stereocenters. The molecule has 0 saturated heterocycles. The number of halogens is 2. The quantitative estimate of drug-likeness (QED) is 0.309. The molecule has 3 nitrogen and oxygen atoms in total. The first-order chi connectivity index (χ1) is 12.1. The minimum atomic E-state index is -1.11. The van der Waals surface area contributed by atoms with Crippen LogP contribution in [0.5, 0.6) is 0 Å². The molecule has 1 unspecified atom stereocenters. The van der Waals surface area contributed by atoms with Crippen molar-refractivity contribution < 1.29 is 36.2 Å². The maximum Gasteiger partial charge on any atom is 2.00 e. The molecule has 0 aliphatic rings. The van der Waals surface area contributed by atoms with Gasteiger partial charge in [-0.25, -0.2) is 0 Å². The smallest absolute Gasteiger partial charge is 0.871 e. The summed E-state index contributed by atoms with van der Waals surface area (Å²) < 4.78 is 0.